The SMILES string of the molecule is COC(=O)[C@H]1CCCN1c1ncnc(Nc2cccc(CS(N)(=O)=O)c2)n1. The van der Waals surface area contributed by atoms with Gasteiger partial charge in [-0.15, -0.1) is 0 Å². The first-order chi connectivity index (χ1) is 12.9. The van der Waals surface area contributed by atoms with Crippen molar-refractivity contribution in [1.29, 1.82) is 0 Å². The van der Waals surface area contributed by atoms with Crippen LogP contribution in [-0.4, -0.2) is 49.0 Å². The van der Waals surface area contributed by atoms with E-state index in [9.17, 15) is 13.2 Å². The Balaban J connectivity index is 1.78. The number of nitrogens with one attached hydrogen (secondary N) is 1. The van der Waals surface area contributed by atoms with Crippen molar-refractivity contribution in [1.82, 2.24) is 15.0 Å². The molecule has 2 aromatic rings. The predicted molar refractivity (Wildman–Crippen MR) is 98.7 cm³/mol. The Morgan fingerprint density at radius 2 is 2.22 bits per heavy atom. The Kier molecular flexibility index (Phi) is 5.51. The molecule has 0 radical (unpaired) electrons. The van der Waals surface area contributed by atoms with Crippen LogP contribution in [0.15, 0.2) is 30.6 Å². The maximum Gasteiger partial charge on any atom is 0.328 e. The van der Waals surface area contributed by atoms with Gasteiger partial charge in [0.25, 0.3) is 0 Å². The fourth-order valence-corrected chi connectivity index (χ4v) is 3.62. The molecule has 3 rings (SSSR count). The Morgan fingerprint density at radius 3 is 2.96 bits per heavy atom. The average molecular weight is 392 g/mol. The van der Waals surface area contributed by atoms with Gasteiger partial charge in [-0.3, -0.25) is 0 Å². The summed E-state index contributed by atoms with van der Waals surface area (Å²) in [6.45, 7) is 0.646. The van der Waals surface area contributed by atoms with Crippen LogP contribution in [0.5, 0.6) is 0 Å². The summed E-state index contributed by atoms with van der Waals surface area (Å²) in [5.41, 5.74) is 1.15. The zero-order valence-electron chi connectivity index (χ0n) is 14.7. The van der Waals surface area contributed by atoms with Crippen LogP contribution < -0.4 is 15.4 Å². The maximum atomic E-state index is 11.9. The minimum absolute atomic E-state index is 0.264. The highest BCUT2D eigenvalue weighted by atomic mass is 32.2. The van der Waals surface area contributed by atoms with Gasteiger partial charge in [0.15, 0.2) is 0 Å². The molecule has 0 unspecified atom stereocenters. The van der Waals surface area contributed by atoms with Crippen LogP contribution in [0.4, 0.5) is 17.6 Å². The quantitative estimate of drug-likeness (QED) is 0.674. The highest BCUT2D eigenvalue weighted by molar-refractivity contribution is 7.88. The molecular weight excluding hydrogens is 372 g/mol. The van der Waals surface area contributed by atoms with Crippen molar-refractivity contribution in [3.05, 3.63) is 36.2 Å². The molecule has 0 amide bonds. The second-order valence-electron chi connectivity index (χ2n) is 6.12. The lowest BCUT2D eigenvalue weighted by atomic mass is 10.2. The molecular formula is C16H20N6O4S. The van der Waals surface area contributed by atoms with E-state index in [1.165, 1.54) is 13.4 Å². The number of nitrogens with two attached hydrogens (primary N) is 1. The zero-order chi connectivity index (χ0) is 19.4. The number of anilines is 3. The molecule has 1 aromatic heterocycles. The van der Waals surface area contributed by atoms with Crippen molar-refractivity contribution >= 4 is 33.6 Å². The highest BCUT2D eigenvalue weighted by Gasteiger charge is 2.33. The third-order valence-electron chi connectivity index (χ3n) is 4.09. The van der Waals surface area contributed by atoms with E-state index in [0.29, 0.717) is 30.2 Å². The monoisotopic (exact) mass is 392 g/mol. The summed E-state index contributed by atoms with van der Waals surface area (Å²) >= 11 is 0. The van der Waals surface area contributed by atoms with E-state index in [0.717, 1.165) is 6.42 Å². The number of nitrogens with zero attached hydrogens (tertiary/aromatic N) is 4. The first kappa shape index (κ1) is 19.0. The van der Waals surface area contributed by atoms with Crippen LogP contribution in [0, 0.1) is 0 Å². The van der Waals surface area contributed by atoms with Crippen LogP contribution in [0.3, 0.4) is 0 Å². The number of aromatic nitrogens is 3. The molecule has 1 atom stereocenters. The highest BCUT2D eigenvalue weighted by Crippen LogP contribution is 2.24. The normalized spacial score (nSPS) is 17.0. The topological polar surface area (TPSA) is 140 Å². The number of carbonyl (C=O) groups excluding carboxylic acids is 1. The summed E-state index contributed by atoms with van der Waals surface area (Å²) in [5, 5.41) is 8.10. The number of primary sulfonamides is 1. The van der Waals surface area contributed by atoms with Gasteiger partial charge in [0.1, 0.15) is 12.4 Å². The molecule has 11 heteroatoms. The van der Waals surface area contributed by atoms with Gasteiger partial charge in [-0.25, -0.2) is 28.3 Å². The molecule has 1 aromatic carbocycles. The molecule has 10 nitrogen and oxygen atoms in total. The maximum absolute atomic E-state index is 11.9. The van der Waals surface area contributed by atoms with Gasteiger partial charge in [-0.1, -0.05) is 12.1 Å². The molecule has 2 heterocycles. The largest absolute Gasteiger partial charge is 0.467 e. The Labute approximate surface area is 156 Å². The second-order valence-corrected chi connectivity index (χ2v) is 7.73. The van der Waals surface area contributed by atoms with Gasteiger partial charge in [0.2, 0.25) is 21.9 Å². The standard InChI is InChI=1S/C16H20N6O4S/c1-26-14(23)13-6-3-7-22(13)16-19-10-18-15(21-16)20-12-5-2-4-11(8-12)9-27(17,24)25/h2,4-5,8,10,13H,3,6-7,9H2,1H3,(H2,17,24,25)(H,18,19,20,21)/t13-/m1/s1. The van der Waals surface area contributed by atoms with Gasteiger partial charge in [-0.2, -0.15) is 4.98 Å². The first-order valence-electron chi connectivity index (χ1n) is 8.25. The Bertz CT molecular complexity index is 936. The number of methoxy groups -OCH3 is 1. The van der Waals surface area contributed by atoms with E-state index < -0.39 is 16.1 Å². The second kappa shape index (κ2) is 7.84. The third-order valence-corrected chi connectivity index (χ3v) is 4.83. The molecule has 1 aliphatic heterocycles. The van der Waals surface area contributed by atoms with Crippen molar-refractivity contribution in [2.24, 2.45) is 5.14 Å². The number of esters is 1. The van der Waals surface area contributed by atoms with Crippen LogP contribution in [0.25, 0.3) is 0 Å². The van der Waals surface area contributed by atoms with Crippen molar-refractivity contribution in [3.8, 4) is 0 Å². The molecule has 1 fully saturated rings. The Morgan fingerprint density at radius 1 is 1.41 bits per heavy atom. The molecule has 0 aliphatic carbocycles. The number of carbonyl (C=O) groups is 1. The van der Waals surface area contributed by atoms with Gasteiger partial charge in [0.05, 0.1) is 12.9 Å². The van der Waals surface area contributed by atoms with E-state index in [1.54, 1.807) is 29.2 Å². The lowest BCUT2D eigenvalue weighted by Gasteiger charge is -2.22. The number of ether oxygens (including phenoxy) is 1. The zero-order valence-corrected chi connectivity index (χ0v) is 15.5. The summed E-state index contributed by atoms with van der Waals surface area (Å²) < 4.78 is 27.3. The molecule has 1 saturated heterocycles. The van der Waals surface area contributed by atoms with Crippen molar-refractivity contribution in [3.63, 3.8) is 0 Å². The summed E-state index contributed by atoms with van der Waals surface area (Å²) in [5.74, 6) is 0.0713. The molecule has 3 N–H and O–H groups in total. The average Bonchev–Trinajstić information content (AvgIpc) is 3.10. The molecule has 0 bridgehead atoms. The van der Waals surface area contributed by atoms with E-state index in [-0.39, 0.29) is 17.7 Å². The summed E-state index contributed by atoms with van der Waals surface area (Å²) in [6, 6.07) is 6.37. The predicted octanol–water partition coefficient (Wildman–Crippen LogP) is 0.545. The van der Waals surface area contributed by atoms with E-state index >= 15 is 0 Å². The number of sulfonamides is 1. The lowest BCUT2D eigenvalue weighted by molar-refractivity contribution is -0.141. The third kappa shape index (κ3) is 4.89. The molecule has 144 valence electrons. The van der Waals surface area contributed by atoms with Crippen LogP contribution in [0.1, 0.15) is 18.4 Å². The van der Waals surface area contributed by atoms with Gasteiger partial charge in [-0.05, 0) is 30.5 Å². The van der Waals surface area contributed by atoms with Gasteiger partial charge in [0, 0.05) is 12.2 Å². The smallest absolute Gasteiger partial charge is 0.328 e. The number of benzene rings is 1. The molecule has 0 spiro atoms. The number of rotatable bonds is 6. The van der Waals surface area contributed by atoms with E-state index in [2.05, 4.69) is 20.3 Å². The Hall–Kier alpha value is -2.79. The molecule has 1 aliphatic rings. The van der Waals surface area contributed by atoms with Crippen molar-refractivity contribution in [2.75, 3.05) is 23.9 Å². The summed E-state index contributed by atoms with van der Waals surface area (Å²) in [7, 11) is -2.27. The van der Waals surface area contributed by atoms with Crippen LogP contribution in [-0.2, 0) is 25.3 Å². The van der Waals surface area contributed by atoms with E-state index in [4.69, 9.17) is 9.88 Å². The van der Waals surface area contributed by atoms with E-state index in [1.807, 2.05) is 0 Å². The van der Waals surface area contributed by atoms with Gasteiger partial charge >= 0.3 is 5.97 Å². The fourth-order valence-electron chi connectivity index (χ4n) is 2.97. The first-order valence-corrected chi connectivity index (χ1v) is 9.97. The number of hydrogen-bond acceptors (Lipinski definition) is 9. The van der Waals surface area contributed by atoms with Crippen LogP contribution in [0.2, 0.25) is 0 Å². The van der Waals surface area contributed by atoms with Gasteiger partial charge < -0.3 is 15.0 Å². The summed E-state index contributed by atoms with van der Waals surface area (Å²) in [4.78, 5) is 26.3. The number of hydrogen-bond donors (Lipinski definition) is 2. The summed E-state index contributed by atoms with van der Waals surface area (Å²) in [6.07, 6.45) is 2.87. The molecule has 27 heavy (non-hydrogen) atoms. The lowest BCUT2D eigenvalue weighted by Crippen LogP contribution is -2.38. The minimum atomic E-state index is -3.62. The van der Waals surface area contributed by atoms with Crippen molar-refractivity contribution in [2.45, 2.75) is 24.6 Å². The van der Waals surface area contributed by atoms with Crippen molar-refractivity contribution < 1.29 is 17.9 Å². The van der Waals surface area contributed by atoms with Crippen LogP contribution >= 0.6 is 0 Å². The molecule has 0 saturated carbocycles. The minimum Gasteiger partial charge on any atom is -0.467 e. The fraction of sp³-hybridized carbons (Fsp3) is 0.375.